The molecule has 0 radical (unpaired) electrons. The molecular formula is C18H18FNO3. The smallest absolute Gasteiger partial charge is 0.241 e. The molecule has 0 heterocycles. The van der Waals surface area contributed by atoms with Gasteiger partial charge in [-0.2, -0.15) is 0 Å². The van der Waals surface area contributed by atoms with Crippen LogP contribution < -0.4 is 15.2 Å². The fourth-order valence-electron chi connectivity index (χ4n) is 1.97. The molecule has 120 valence electrons. The second-order valence-electron chi connectivity index (χ2n) is 4.75. The molecular weight excluding hydrogens is 297 g/mol. The Morgan fingerprint density at radius 2 is 1.96 bits per heavy atom. The largest absolute Gasteiger partial charge is 0.490 e. The summed E-state index contributed by atoms with van der Waals surface area (Å²) in [5, 5.41) is 0. The van der Waals surface area contributed by atoms with Crippen molar-refractivity contribution >= 4 is 12.0 Å². The van der Waals surface area contributed by atoms with Crippen molar-refractivity contribution in [3.8, 4) is 11.5 Å². The van der Waals surface area contributed by atoms with Crippen LogP contribution >= 0.6 is 0 Å². The number of halogens is 1. The Bertz CT molecular complexity index is 713. The van der Waals surface area contributed by atoms with E-state index in [-0.39, 0.29) is 12.4 Å². The van der Waals surface area contributed by atoms with E-state index in [4.69, 9.17) is 15.2 Å². The van der Waals surface area contributed by atoms with E-state index in [9.17, 15) is 9.18 Å². The number of carbonyl (C=O) groups is 1. The van der Waals surface area contributed by atoms with Crippen molar-refractivity contribution in [1.29, 1.82) is 0 Å². The third kappa shape index (κ3) is 4.85. The minimum absolute atomic E-state index is 0.100. The van der Waals surface area contributed by atoms with Crippen molar-refractivity contribution in [3.63, 3.8) is 0 Å². The van der Waals surface area contributed by atoms with Crippen molar-refractivity contribution in [2.75, 3.05) is 6.61 Å². The number of ether oxygens (including phenoxy) is 2. The molecule has 0 saturated carbocycles. The Morgan fingerprint density at radius 3 is 2.65 bits per heavy atom. The lowest BCUT2D eigenvalue weighted by atomic mass is 10.2. The Balaban J connectivity index is 2.17. The molecule has 4 nitrogen and oxygen atoms in total. The lowest BCUT2D eigenvalue weighted by molar-refractivity contribution is -0.113. The molecule has 23 heavy (non-hydrogen) atoms. The average Bonchev–Trinajstić information content (AvgIpc) is 2.53. The summed E-state index contributed by atoms with van der Waals surface area (Å²) in [6, 6.07) is 11.7. The van der Waals surface area contributed by atoms with Gasteiger partial charge in [0.05, 0.1) is 6.61 Å². The molecule has 0 spiro atoms. The van der Waals surface area contributed by atoms with Crippen molar-refractivity contribution in [1.82, 2.24) is 0 Å². The van der Waals surface area contributed by atoms with Gasteiger partial charge in [0, 0.05) is 11.6 Å². The summed E-state index contributed by atoms with van der Waals surface area (Å²) in [5.41, 5.74) is 6.30. The van der Waals surface area contributed by atoms with Crippen molar-refractivity contribution in [2.45, 2.75) is 13.5 Å². The molecule has 2 aromatic rings. The molecule has 0 fully saturated rings. The molecule has 1 amide bonds. The van der Waals surface area contributed by atoms with Gasteiger partial charge in [0.2, 0.25) is 5.91 Å². The van der Waals surface area contributed by atoms with E-state index >= 15 is 0 Å². The van der Waals surface area contributed by atoms with E-state index in [2.05, 4.69) is 0 Å². The summed E-state index contributed by atoms with van der Waals surface area (Å²) in [7, 11) is 0. The van der Waals surface area contributed by atoms with Gasteiger partial charge in [0.15, 0.2) is 11.5 Å². The maximum atomic E-state index is 13.6. The van der Waals surface area contributed by atoms with Crippen LogP contribution in [0.3, 0.4) is 0 Å². The first kappa shape index (κ1) is 16.5. The second-order valence-corrected chi connectivity index (χ2v) is 4.75. The van der Waals surface area contributed by atoms with Gasteiger partial charge in [0.25, 0.3) is 0 Å². The van der Waals surface area contributed by atoms with Gasteiger partial charge >= 0.3 is 0 Å². The lowest BCUT2D eigenvalue weighted by Gasteiger charge is -2.13. The molecule has 0 aliphatic heterocycles. The van der Waals surface area contributed by atoms with Crippen LogP contribution in [0.15, 0.2) is 48.5 Å². The van der Waals surface area contributed by atoms with Gasteiger partial charge < -0.3 is 15.2 Å². The SMILES string of the molecule is CCOc1cc(/C=C\C(N)=O)ccc1OCc1ccccc1F. The maximum absolute atomic E-state index is 13.6. The normalized spacial score (nSPS) is 10.7. The van der Waals surface area contributed by atoms with Crippen LogP contribution in [0, 0.1) is 5.82 Å². The number of nitrogens with two attached hydrogens (primary N) is 1. The Morgan fingerprint density at radius 1 is 1.17 bits per heavy atom. The highest BCUT2D eigenvalue weighted by Gasteiger charge is 2.08. The molecule has 0 aliphatic carbocycles. The van der Waals surface area contributed by atoms with E-state index < -0.39 is 5.91 Å². The fourth-order valence-corrected chi connectivity index (χ4v) is 1.97. The highest BCUT2D eigenvalue weighted by molar-refractivity contribution is 5.90. The molecule has 5 heteroatoms. The van der Waals surface area contributed by atoms with Gasteiger partial charge in [-0.1, -0.05) is 24.3 Å². The zero-order chi connectivity index (χ0) is 16.7. The van der Waals surface area contributed by atoms with Crippen molar-refractivity contribution < 1.29 is 18.7 Å². The molecule has 0 saturated heterocycles. The monoisotopic (exact) mass is 315 g/mol. The predicted octanol–water partition coefficient (Wildman–Crippen LogP) is 3.30. The van der Waals surface area contributed by atoms with E-state index in [1.54, 1.807) is 42.5 Å². The number of hydrogen-bond donors (Lipinski definition) is 1. The molecule has 0 bridgehead atoms. The third-order valence-corrected chi connectivity index (χ3v) is 3.05. The van der Waals surface area contributed by atoms with Gasteiger partial charge in [-0.15, -0.1) is 0 Å². The van der Waals surface area contributed by atoms with Crippen LogP contribution in [0.4, 0.5) is 4.39 Å². The Hall–Kier alpha value is -2.82. The molecule has 0 unspecified atom stereocenters. The zero-order valence-electron chi connectivity index (χ0n) is 12.8. The molecule has 2 aromatic carbocycles. The molecule has 2 rings (SSSR count). The number of primary amides is 1. The van der Waals surface area contributed by atoms with E-state index in [0.29, 0.717) is 23.7 Å². The summed E-state index contributed by atoms with van der Waals surface area (Å²) in [6.45, 7) is 2.41. The number of rotatable bonds is 7. The van der Waals surface area contributed by atoms with Crippen LogP contribution in [-0.2, 0) is 11.4 Å². The summed E-state index contributed by atoms with van der Waals surface area (Å²) in [6.07, 6.45) is 2.86. The van der Waals surface area contributed by atoms with Crippen molar-refractivity contribution in [3.05, 3.63) is 65.5 Å². The molecule has 2 N–H and O–H groups in total. The van der Waals surface area contributed by atoms with Crippen LogP contribution in [0.5, 0.6) is 11.5 Å². The van der Waals surface area contributed by atoms with Crippen LogP contribution in [0.25, 0.3) is 6.08 Å². The first-order valence-electron chi connectivity index (χ1n) is 7.20. The summed E-state index contributed by atoms with van der Waals surface area (Å²) in [4.78, 5) is 10.8. The van der Waals surface area contributed by atoms with E-state index in [1.807, 2.05) is 6.92 Å². The third-order valence-electron chi connectivity index (χ3n) is 3.05. The fraction of sp³-hybridized carbons (Fsp3) is 0.167. The standard InChI is InChI=1S/C18H18FNO3/c1-2-22-17-11-13(8-10-18(20)21)7-9-16(17)23-12-14-5-3-4-6-15(14)19/h3-11H,2,12H2,1H3,(H2,20,21)/b10-8-. The topological polar surface area (TPSA) is 61.5 Å². The maximum Gasteiger partial charge on any atom is 0.241 e. The first-order chi connectivity index (χ1) is 11.1. The minimum atomic E-state index is -0.525. The van der Waals surface area contributed by atoms with E-state index in [1.165, 1.54) is 12.1 Å². The second kappa shape index (κ2) is 7.98. The summed E-state index contributed by atoms with van der Waals surface area (Å²) < 4.78 is 24.8. The Kier molecular flexibility index (Phi) is 5.74. The highest BCUT2D eigenvalue weighted by Crippen LogP contribution is 2.30. The molecule has 0 aliphatic rings. The quantitative estimate of drug-likeness (QED) is 0.797. The summed E-state index contributed by atoms with van der Waals surface area (Å²) >= 11 is 0. The van der Waals surface area contributed by atoms with Crippen LogP contribution in [0.1, 0.15) is 18.1 Å². The average molecular weight is 315 g/mol. The zero-order valence-corrected chi connectivity index (χ0v) is 12.8. The van der Waals surface area contributed by atoms with Crippen LogP contribution in [0.2, 0.25) is 0 Å². The Labute approximate surface area is 134 Å². The molecule has 0 aromatic heterocycles. The van der Waals surface area contributed by atoms with Crippen molar-refractivity contribution in [2.24, 2.45) is 5.73 Å². The lowest BCUT2D eigenvalue weighted by Crippen LogP contribution is -2.05. The molecule has 0 atom stereocenters. The minimum Gasteiger partial charge on any atom is -0.490 e. The number of carbonyl (C=O) groups excluding carboxylic acids is 1. The number of benzene rings is 2. The highest BCUT2D eigenvalue weighted by atomic mass is 19.1. The number of amides is 1. The van der Waals surface area contributed by atoms with Gasteiger partial charge in [0.1, 0.15) is 12.4 Å². The van der Waals surface area contributed by atoms with Gasteiger partial charge in [-0.05, 0) is 36.8 Å². The first-order valence-corrected chi connectivity index (χ1v) is 7.20. The van der Waals surface area contributed by atoms with Gasteiger partial charge in [-0.25, -0.2) is 4.39 Å². The number of hydrogen-bond acceptors (Lipinski definition) is 3. The van der Waals surface area contributed by atoms with Crippen LogP contribution in [-0.4, -0.2) is 12.5 Å². The predicted molar refractivity (Wildman–Crippen MR) is 86.6 cm³/mol. The van der Waals surface area contributed by atoms with E-state index in [0.717, 1.165) is 5.56 Å². The van der Waals surface area contributed by atoms with Gasteiger partial charge in [-0.3, -0.25) is 4.79 Å². The summed E-state index contributed by atoms with van der Waals surface area (Å²) in [5.74, 6) is 0.191.